The number of amides is 1. The van der Waals surface area contributed by atoms with Gasteiger partial charge in [0, 0.05) is 32.2 Å². The summed E-state index contributed by atoms with van der Waals surface area (Å²) in [4.78, 5) is 17.6. The Bertz CT molecular complexity index is 856. The maximum atomic E-state index is 13.0. The summed E-state index contributed by atoms with van der Waals surface area (Å²) in [5, 5.41) is 12.6. The largest absolute Gasteiger partial charge is 0.369 e. The molecule has 1 amide bonds. The predicted molar refractivity (Wildman–Crippen MR) is 110 cm³/mol. The zero-order valence-corrected chi connectivity index (χ0v) is 16.1. The fraction of sp³-hybridized carbons (Fsp3) is 0.391. The third kappa shape index (κ3) is 4.18. The van der Waals surface area contributed by atoms with Crippen molar-refractivity contribution in [2.45, 2.75) is 31.3 Å². The van der Waals surface area contributed by atoms with Crippen LogP contribution >= 0.6 is 0 Å². The van der Waals surface area contributed by atoms with E-state index in [1.54, 1.807) is 0 Å². The molecule has 2 aromatic carbocycles. The number of carbonyl (C=O) groups is 1. The first-order valence-corrected chi connectivity index (χ1v) is 10.1. The second-order valence-corrected chi connectivity index (χ2v) is 7.60. The molecule has 0 aromatic heterocycles. The number of anilines is 1. The maximum absolute atomic E-state index is 13.0. The molecule has 0 unspecified atom stereocenters. The van der Waals surface area contributed by atoms with Crippen LogP contribution in [0.3, 0.4) is 0 Å². The molecular weight excluding hydrogens is 348 g/mol. The average molecular weight is 374 g/mol. The molecule has 2 fully saturated rings. The van der Waals surface area contributed by atoms with Crippen LogP contribution in [0.4, 0.5) is 5.69 Å². The summed E-state index contributed by atoms with van der Waals surface area (Å²) in [5.74, 6) is 0.111. The van der Waals surface area contributed by atoms with Gasteiger partial charge >= 0.3 is 0 Å². The van der Waals surface area contributed by atoms with Crippen LogP contribution < -0.4 is 10.2 Å². The van der Waals surface area contributed by atoms with Crippen molar-refractivity contribution in [1.82, 2.24) is 10.2 Å². The normalized spacial score (nSPS) is 18.8. The lowest BCUT2D eigenvalue weighted by molar-refractivity contribution is -0.126. The Hall–Kier alpha value is -2.84. The first-order valence-electron chi connectivity index (χ1n) is 10.1. The first kappa shape index (κ1) is 18.5. The number of para-hydroxylation sites is 1. The van der Waals surface area contributed by atoms with Crippen LogP contribution in [0.25, 0.3) is 0 Å². The fourth-order valence-electron chi connectivity index (χ4n) is 3.95. The first-order chi connectivity index (χ1) is 13.8. The summed E-state index contributed by atoms with van der Waals surface area (Å²) in [6.07, 6.45) is 3.14. The molecule has 1 heterocycles. The van der Waals surface area contributed by atoms with Crippen molar-refractivity contribution < 1.29 is 4.79 Å². The molecule has 1 aliphatic heterocycles. The van der Waals surface area contributed by atoms with Crippen molar-refractivity contribution in [3.63, 3.8) is 0 Å². The fourth-order valence-corrected chi connectivity index (χ4v) is 3.95. The molecule has 4 rings (SSSR count). The van der Waals surface area contributed by atoms with Gasteiger partial charge in [-0.15, -0.1) is 0 Å². The number of rotatable bonds is 5. The van der Waals surface area contributed by atoms with E-state index in [0.29, 0.717) is 11.6 Å². The Morgan fingerprint density at radius 2 is 1.75 bits per heavy atom. The minimum Gasteiger partial charge on any atom is -0.369 e. The molecule has 28 heavy (non-hydrogen) atoms. The lowest BCUT2D eigenvalue weighted by atomic mass is 10.0. The molecule has 5 heteroatoms. The molecule has 1 N–H and O–H groups in total. The maximum Gasteiger partial charge on any atom is 0.242 e. The average Bonchev–Trinajstić information content (AvgIpc) is 3.56. The molecule has 2 aromatic rings. The quantitative estimate of drug-likeness (QED) is 0.874. The Labute approximate surface area is 166 Å². The smallest absolute Gasteiger partial charge is 0.242 e. The SMILES string of the molecule is N#Cc1ccccc1N1CCCN([C@H](C(=O)NC2CC2)c2ccccc2)CC1. The van der Waals surface area contributed by atoms with Crippen LogP contribution in [-0.4, -0.2) is 43.0 Å². The summed E-state index contributed by atoms with van der Waals surface area (Å²) in [5.41, 5.74) is 2.75. The van der Waals surface area contributed by atoms with Crippen LogP contribution in [0, 0.1) is 11.3 Å². The van der Waals surface area contributed by atoms with Crippen LogP contribution in [0.5, 0.6) is 0 Å². The van der Waals surface area contributed by atoms with Crippen molar-refractivity contribution >= 4 is 11.6 Å². The zero-order chi connectivity index (χ0) is 19.3. The molecule has 2 aliphatic rings. The molecule has 0 spiro atoms. The van der Waals surface area contributed by atoms with Gasteiger partial charge in [-0.05, 0) is 37.0 Å². The van der Waals surface area contributed by atoms with Gasteiger partial charge in [-0.2, -0.15) is 5.26 Å². The van der Waals surface area contributed by atoms with Gasteiger partial charge in [0.05, 0.1) is 11.3 Å². The van der Waals surface area contributed by atoms with E-state index in [-0.39, 0.29) is 11.9 Å². The number of nitrogens with one attached hydrogen (secondary N) is 1. The predicted octanol–water partition coefficient (Wildman–Crippen LogP) is 3.09. The molecule has 1 saturated heterocycles. The monoisotopic (exact) mass is 374 g/mol. The van der Waals surface area contributed by atoms with Gasteiger partial charge in [0.1, 0.15) is 12.1 Å². The standard InChI is InChI=1S/C23H26N4O/c24-17-19-9-4-5-10-21(19)26-13-6-14-27(16-15-26)22(18-7-2-1-3-8-18)23(28)25-20-11-12-20/h1-5,7-10,20,22H,6,11-16H2,(H,25,28)/t22-/m0/s1. The number of benzene rings is 2. The molecule has 1 atom stereocenters. The molecule has 1 saturated carbocycles. The number of nitriles is 1. The Kier molecular flexibility index (Phi) is 5.59. The highest BCUT2D eigenvalue weighted by Gasteiger charge is 2.33. The number of nitrogens with zero attached hydrogens (tertiary/aromatic N) is 3. The minimum atomic E-state index is -0.257. The van der Waals surface area contributed by atoms with Crippen LogP contribution in [0.2, 0.25) is 0 Å². The third-order valence-corrected chi connectivity index (χ3v) is 5.55. The van der Waals surface area contributed by atoms with E-state index in [4.69, 9.17) is 0 Å². The van der Waals surface area contributed by atoms with Gasteiger partial charge in [-0.1, -0.05) is 42.5 Å². The molecular formula is C23H26N4O. The number of hydrogen-bond acceptors (Lipinski definition) is 4. The van der Waals surface area contributed by atoms with Crippen molar-refractivity contribution in [3.8, 4) is 6.07 Å². The van der Waals surface area contributed by atoms with E-state index in [1.165, 1.54) is 0 Å². The van der Waals surface area contributed by atoms with Crippen molar-refractivity contribution in [1.29, 1.82) is 5.26 Å². The third-order valence-electron chi connectivity index (χ3n) is 5.55. The van der Waals surface area contributed by atoms with Gasteiger partial charge in [-0.25, -0.2) is 0 Å². The molecule has 0 bridgehead atoms. The summed E-state index contributed by atoms with van der Waals surface area (Å²) in [6.45, 7) is 3.35. The summed E-state index contributed by atoms with van der Waals surface area (Å²) in [6, 6.07) is 20.2. The van der Waals surface area contributed by atoms with Crippen molar-refractivity contribution in [2.24, 2.45) is 0 Å². The van der Waals surface area contributed by atoms with Crippen LogP contribution in [0.15, 0.2) is 54.6 Å². The van der Waals surface area contributed by atoms with E-state index in [9.17, 15) is 10.1 Å². The van der Waals surface area contributed by atoms with Crippen molar-refractivity contribution in [3.05, 3.63) is 65.7 Å². The van der Waals surface area contributed by atoms with Gasteiger partial charge < -0.3 is 10.2 Å². The van der Waals surface area contributed by atoms with E-state index >= 15 is 0 Å². The highest BCUT2D eigenvalue weighted by molar-refractivity contribution is 5.83. The topological polar surface area (TPSA) is 59.4 Å². The van der Waals surface area contributed by atoms with E-state index in [2.05, 4.69) is 21.2 Å². The number of hydrogen-bond donors (Lipinski definition) is 1. The van der Waals surface area contributed by atoms with E-state index < -0.39 is 0 Å². The molecule has 144 valence electrons. The second-order valence-electron chi connectivity index (χ2n) is 7.60. The highest BCUT2D eigenvalue weighted by atomic mass is 16.2. The van der Waals surface area contributed by atoms with E-state index in [1.807, 2.05) is 54.6 Å². The lowest BCUT2D eigenvalue weighted by Gasteiger charge is -2.30. The minimum absolute atomic E-state index is 0.111. The molecule has 5 nitrogen and oxygen atoms in total. The molecule has 1 aliphatic carbocycles. The zero-order valence-electron chi connectivity index (χ0n) is 16.1. The van der Waals surface area contributed by atoms with Gasteiger partial charge in [0.2, 0.25) is 5.91 Å². The van der Waals surface area contributed by atoms with Gasteiger partial charge in [0.25, 0.3) is 0 Å². The Balaban J connectivity index is 1.53. The lowest BCUT2D eigenvalue weighted by Crippen LogP contribution is -2.43. The summed E-state index contributed by atoms with van der Waals surface area (Å²) >= 11 is 0. The van der Waals surface area contributed by atoms with Crippen molar-refractivity contribution in [2.75, 3.05) is 31.1 Å². The van der Waals surface area contributed by atoms with Crippen LogP contribution in [0.1, 0.15) is 36.4 Å². The Morgan fingerprint density at radius 3 is 2.50 bits per heavy atom. The van der Waals surface area contributed by atoms with Gasteiger partial charge in [-0.3, -0.25) is 9.69 Å². The van der Waals surface area contributed by atoms with E-state index in [0.717, 1.165) is 56.7 Å². The van der Waals surface area contributed by atoms with Crippen LogP contribution in [-0.2, 0) is 4.79 Å². The highest BCUT2D eigenvalue weighted by Crippen LogP contribution is 2.27. The molecule has 0 radical (unpaired) electrons. The number of carbonyl (C=O) groups excluding carboxylic acids is 1. The van der Waals surface area contributed by atoms with Gasteiger partial charge in [0.15, 0.2) is 0 Å². The summed E-state index contributed by atoms with van der Waals surface area (Å²) < 4.78 is 0. The Morgan fingerprint density at radius 1 is 1.00 bits per heavy atom. The second kappa shape index (κ2) is 8.45. The summed E-state index contributed by atoms with van der Waals surface area (Å²) in [7, 11) is 0.